The van der Waals surface area contributed by atoms with Gasteiger partial charge in [0.1, 0.15) is 5.75 Å². The minimum atomic E-state index is 0.731. The van der Waals surface area contributed by atoms with Gasteiger partial charge in [-0.1, -0.05) is 5.16 Å². The molecule has 0 spiro atoms. The number of nitrogens with zero attached hydrogens (tertiary/aromatic N) is 3. The molecule has 0 atom stereocenters. The van der Waals surface area contributed by atoms with Gasteiger partial charge in [0, 0.05) is 24.0 Å². The number of hydrogen-bond acceptors (Lipinski definition) is 6. The van der Waals surface area contributed by atoms with Crippen molar-refractivity contribution in [1.29, 1.82) is 0 Å². The van der Waals surface area contributed by atoms with Crippen molar-refractivity contribution in [1.82, 2.24) is 15.0 Å². The van der Waals surface area contributed by atoms with Crippen LogP contribution in [-0.4, -0.2) is 48.7 Å². The molecule has 0 N–H and O–H groups in total. The summed E-state index contributed by atoms with van der Waals surface area (Å²) < 4.78 is 17.2. The molecule has 3 aromatic rings. The first kappa shape index (κ1) is 21.5. The maximum Gasteiger partial charge on any atom is 0.175 e. The highest BCUT2D eigenvalue weighted by Crippen LogP contribution is 2.35. The third kappa shape index (κ3) is 5.18. The zero-order valence-corrected chi connectivity index (χ0v) is 19.4. The van der Waals surface area contributed by atoms with Gasteiger partial charge in [-0.2, -0.15) is 0 Å². The van der Waals surface area contributed by atoms with E-state index in [0.717, 1.165) is 79.0 Å². The molecule has 0 unspecified atom stereocenters. The zero-order chi connectivity index (χ0) is 21.9. The van der Waals surface area contributed by atoms with Gasteiger partial charge in [-0.15, -0.1) is 0 Å². The Labute approximate surface area is 190 Å². The van der Waals surface area contributed by atoms with Gasteiger partial charge in [0.2, 0.25) is 0 Å². The lowest BCUT2D eigenvalue weighted by Crippen LogP contribution is -2.33. The van der Waals surface area contributed by atoms with Crippen LogP contribution in [0.4, 0.5) is 0 Å². The Balaban J connectivity index is 1.21. The van der Waals surface area contributed by atoms with Crippen LogP contribution in [0.1, 0.15) is 48.9 Å². The van der Waals surface area contributed by atoms with E-state index in [4.69, 9.17) is 13.7 Å². The molecule has 0 radical (unpaired) electrons. The Bertz CT molecular complexity index is 999. The number of hydrogen-bond donors (Lipinski definition) is 0. The summed E-state index contributed by atoms with van der Waals surface area (Å²) in [5.74, 6) is 2.44. The number of likely N-dealkylation sites (tertiary alicyclic amines) is 1. The van der Waals surface area contributed by atoms with Crippen LogP contribution in [0.2, 0.25) is 0 Å². The van der Waals surface area contributed by atoms with Crippen LogP contribution in [0, 0.1) is 11.8 Å². The third-order valence-electron chi connectivity index (χ3n) is 6.90. The molecule has 1 saturated heterocycles. The van der Waals surface area contributed by atoms with Gasteiger partial charge in [-0.25, -0.2) is 0 Å². The average Bonchev–Trinajstić information content (AvgIpc) is 3.30. The fourth-order valence-electron chi connectivity index (χ4n) is 4.78. The van der Waals surface area contributed by atoms with E-state index in [2.05, 4.69) is 47.3 Å². The Kier molecular flexibility index (Phi) is 6.51. The lowest BCUT2D eigenvalue weighted by Gasteiger charge is -2.31. The van der Waals surface area contributed by atoms with Gasteiger partial charge >= 0.3 is 0 Å². The van der Waals surface area contributed by atoms with Crippen LogP contribution in [0.5, 0.6) is 5.75 Å². The summed E-state index contributed by atoms with van der Waals surface area (Å²) in [5, 5.41) is 5.64. The predicted molar refractivity (Wildman–Crippen MR) is 125 cm³/mol. The second-order valence-electron chi connectivity index (χ2n) is 9.93. The molecular weight excluding hydrogens is 402 g/mol. The Morgan fingerprint density at radius 3 is 2.66 bits per heavy atom. The molecule has 2 aromatic heterocycles. The maximum atomic E-state index is 6.16. The molecule has 1 aliphatic carbocycles. The second kappa shape index (κ2) is 9.67. The molecule has 2 aliphatic rings. The summed E-state index contributed by atoms with van der Waals surface area (Å²) in [6.45, 7) is 4.92. The SMILES string of the molecule is CN(C)Cc1c(OCC2CC2)ccc2c(CCC3CCN(Cc4ccoc4)CC3)noc12. The molecule has 0 bridgehead atoms. The number of furan rings is 1. The number of aryl methyl sites for hydroxylation is 1. The Hall–Kier alpha value is -2.31. The number of piperidine rings is 1. The van der Waals surface area contributed by atoms with Gasteiger partial charge in [0.25, 0.3) is 0 Å². The minimum Gasteiger partial charge on any atom is -0.493 e. The van der Waals surface area contributed by atoms with E-state index in [9.17, 15) is 0 Å². The molecule has 6 nitrogen and oxygen atoms in total. The van der Waals surface area contributed by atoms with E-state index in [-0.39, 0.29) is 0 Å². The monoisotopic (exact) mass is 437 g/mol. The smallest absolute Gasteiger partial charge is 0.175 e. The molecule has 2 fully saturated rings. The maximum absolute atomic E-state index is 6.16. The fraction of sp³-hybridized carbons (Fsp3) is 0.577. The summed E-state index contributed by atoms with van der Waals surface area (Å²) in [6, 6.07) is 6.34. The van der Waals surface area contributed by atoms with Crippen LogP contribution in [0.25, 0.3) is 11.0 Å². The number of aromatic nitrogens is 1. The summed E-state index contributed by atoms with van der Waals surface area (Å²) in [7, 11) is 4.17. The number of benzene rings is 1. The number of fused-ring (bicyclic) bond motifs is 1. The average molecular weight is 438 g/mol. The van der Waals surface area contributed by atoms with Crippen LogP contribution in [0.3, 0.4) is 0 Å². The van der Waals surface area contributed by atoms with Crippen molar-refractivity contribution in [3.8, 4) is 5.75 Å². The van der Waals surface area contributed by atoms with Crippen molar-refractivity contribution in [2.24, 2.45) is 11.8 Å². The van der Waals surface area contributed by atoms with Crippen molar-refractivity contribution in [3.63, 3.8) is 0 Å². The van der Waals surface area contributed by atoms with Gasteiger partial charge in [0.15, 0.2) is 5.58 Å². The molecule has 5 rings (SSSR count). The van der Waals surface area contributed by atoms with Gasteiger partial charge < -0.3 is 18.6 Å². The second-order valence-corrected chi connectivity index (χ2v) is 9.93. The predicted octanol–water partition coefficient (Wildman–Crippen LogP) is 5.12. The van der Waals surface area contributed by atoms with Crippen molar-refractivity contribution in [2.45, 2.75) is 51.6 Å². The van der Waals surface area contributed by atoms with Crippen LogP contribution < -0.4 is 4.74 Å². The fourth-order valence-corrected chi connectivity index (χ4v) is 4.78. The number of rotatable bonds is 10. The van der Waals surface area contributed by atoms with Gasteiger partial charge in [0.05, 0.1) is 30.4 Å². The summed E-state index contributed by atoms with van der Waals surface area (Å²) in [5.41, 5.74) is 4.39. The molecule has 172 valence electrons. The molecular formula is C26H35N3O3. The lowest BCUT2D eigenvalue weighted by atomic mass is 9.91. The van der Waals surface area contributed by atoms with E-state index in [1.807, 2.05) is 6.26 Å². The van der Waals surface area contributed by atoms with Gasteiger partial charge in [-0.05, 0) is 95.7 Å². The minimum absolute atomic E-state index is 0.731. The Morgan fingerprint density at radius 1 is 1.09 bits per heavy atom. The van der Waals surface area contributed by atoms with Crippen molar-refractivity contribution in [3.05, 3.63) is 47.5 Å². The summed E-state index contributed by atoms with van der Waals surface area (Å²) >= 11 is 0. The van der Waals surface area contributed by atoms with Crippen LogP contribution in [-0.2, 0) is 19.5 Å². The number of ether oxygens (including phenoxy) is 1. The van der Waals surface area contributed by atoms with Crippen molar-refractivity contribution in [2.75, 3.05) is 33.8 Å². The molecule has 6 heteroatoms. The molecule has 1 aromatic carbocycles. The van der Waals surface area contributed by atoms with Gasteiger partial charge in [-0.3, -0.25) is 4.90 Å². The molecule has 1 saturated carbocycles. The topological polar surface area (TPSA) is 54.9 Å². The van der Waals surface area contributed by atoms with E-state index in [1.165, 1.54) is 37.7 Å². The first-order valence-corrected chi connectivity index (χ1v) is 12.1. The standard InChI is InChI=1S/C26H35N3O3/c1-28(2)16-23-25(31-18-20-3-4-20)8-6-22-24(27-32-26(22)23)7-5-19-9-12-29(13-10-19)15-21-11-14-30-17-21/h6,8,11,14,17,19-20H,3-5,7,9-10,12-13,15-16,18H2,1-2H3. The van der Waals surface area contributed by atoms with Crippen LogP contribution in [0.15, 0.2) is 39.7 Å². The highest BCUT2D eigenvalue weighted by Gasteiger charge is 2.24. The van der Waals surface area contributed by atoms with Crippen molar-refractivity contribution < 1.29 is 13.7 Å². The summed E-state index contributed by atoms with van der Waals surface area (Å²) in [4.78, 5) is 4.70. The lowest BCUT2D eigenvalue weighted by molar-refractivity contribution is 0.172. The molecule has 1 aliphatic heterocycles. The zero-order valence-electron chi connectivity index (χ0n) is 19.4. The summed E-state index contributed by atoms with van der Waals surface area (Å²) in [6.07, 6.45) is 10.8. The van der Waals surface area contributed by atoms with E-state index < -0.39 is 0 Å². The Morgan fingerprint density at radius 2 is 1.94 bits per heavy atom. The normalized spacial score (nSPS) is 18.1. The highest BCUT2D eigenvalue weighted by atomic mass is 16.5. The quantitative estimate of drug-likeness (QED) is 0.439. The highest BCUT2D eigenvalue weighted by molar-refractivity contribution is 5.84. The first-order valence-electron chi connectivity index (χ1n) is 12.1. The first-order chi connectivity index (χ1) is 15.7. The van der Waals surface area contributed by atoms with Crippen molar-refractivity contribution >= 4 is 11.0 Å². The van der Waals surface area contributed by atoms with E-state index in [1.54, 1.807) is 6.26 Å². The molecule has 0 amide bonds. The largest absolute Gasteiger partial charge is 0.493 e. The molecule has 3 heterocycles. The van der Waals surface area contributed by atoms with E-state index >= 15 is 0 Å². The molecule has 32 heavy (non-hydrogen) atoms. The third-order valence-corrected chi connectivity index (χ3v) is 6.90. The van der Waals surface area contributed by atoms with E-state index in [0.29, 0.717) is 0 Å². The van der Waals surface area contributed by atoms with Crippen LogP contribution >= 0.6 is 0 Å².